The maximum absolute atomic E-state index is 10.3. The molecule has 15 heavy (non-hydrogen) atoms. The van der Waals surface area contributed by atoms with E-state index in [1.165, 1.54) is 25.7 Å². The quantitative estimate of drug-likeness (QED) is 0.687. The van der Waals surface area contributed by atoms with Gasteiger partial charge in [0.25, 0.3) is 0 Å². The van der Waals surface area contributed by atoms with E-state index < -0.39 is 0 Å². The minimum absolute atomic E-state index is 0.0464. The topological polar surface area (TPSA) is 20.2 Å². The molecule has 0 aromatic carbocycles. The Morgan fingerprint density at radius 1 is 1.20 bits per heavy atom. The Morgan fingerprint density at radius 2 is 1.93 bits per heavy atom. The Labute approximate surface area is 93.6 Å². The summed E-state index contributed by atoms with van der Waals surface area (Å²) in [6.07, 6.45) is 10.6. The molecule has 0 aromatic rings. The molecule has 1 fully saturated rings. The smallest absolute Gasteiger partial charge is 0.0576 e. The van der Waals surface area contributed by atoms with Gasteiger partial charge in [-0.2, -0.15) is 0 Å². The van der Waals surface area contributed by atoms with Gasteiger partial charge in [-0.1, -0.05) is 38.8 Å². The van der Waals surface area contributed by atoms with Crippen LogP contribution in [0.4, 0.5) is 0 Å². The molecule has 0 spiro atoms. The Hall–Kier alpha value is -0.300. The van der Waals surface area contributed by atoms with Crippen molar-refractivity contribution in [2.45, 2.75) is 52.1 Å². The van der Waals surface area contributed by atoms with Gasteiger partial charge in [-0.15, -0.1) is 0 Å². The van der Waals surface area contributed by atoms with Gasteiger partial charge in [-0.25, -0.2) is 0 Å². The highest BCUT2D eigenvalue weighted by Crippen LogP contribution is 2.46. The molecule has 0 radical (unpaired) electrons. The van der Waals surface area contributed by atoms with Gasteiger partial charge < -0.3 is 5.11 Å². The largest absolute Gasteiger partial charge is 0.393 e. The van der Waals surface area contributed by atoms with E-state index in [0.717, 1.165) is 18.3 Å². The summed E-state index contributed by atoms with van der Waals surface area (Å²) in [5.74, 6) is 2.78. The highest BCUT2D eigenvalue weighted by atomic mass is 16.3. The van der Waals surface area contributed by atoms with E-state index >= 15 is 0 Å². The van der Waals surface area contributed by atoms with Crippen LogP contribution in [-0.2, 0) is 0 Å². The van der Waals surface area contributed by atoms with Crippen molar-refractivity contribution in [2.75, 3.05) is 0 Å². The van der Waals surface area contributed by atoms with Gasteiger partial charge in [0.2, 0.25) is 0 Å². The summed E-state index contributed by atoms with van der Waals surface area (Å²) >= 11 is 0. The van der Waals surface area contributed by atoms with Crippen molar-refractivity contribution in [3.05, 3.63) is 12.2 Å². The Kier molecular flexibility index (Phi) is 3.50. The molecule has 2 bridgehead atoms. The Balaban J connectivity index is 1.86. The Bertz CT molecular complexity index is 229. The molecule has 1 unspecified atom stereocenters. The summed E-state index contributed by atoms with van der Waals surface area (Å²) in [5, 5.41) is 10.3. The van der Waals surface area contributed by atoms with E-state index in [1.54, 1.807) is 0 Å². The third-order valence-electron chi connectivity index (χ3n) is 4.55. The molecule has 1 heteroatoms. The number of hydrogen-bond acceptors (Lipinski definition) is 1. The third kappa shape index (κ3) is 2.28. The van der Waals surface area contributed by atoms with Crippen molar-refractivity contribution in [1.82, 2.24) is 0 Å². The molecule has 2 aliphatic carbocycles. The molecule has 0 heterocycles. The first kappa shape index (κ1) is 11.2. The second-order valence-corrected chi connectivity index (χ2v) is 5.43. The average Bonchev–Trinajstić information content (AvgIpc) is 2.87. The van der Waals surface area contributed by atoms with Crippen molar-refractivity contribution in [2.24, 2.45) is 23.7 Å². The zero-order valence-electron chi connectivity index (χ0n) is 10.0. The lowest BCUT2D eigenvalue weighted by atomic mass is 9.83. The second-order valence-electron chi connectivity index (χ2n) is 5.43. The number of hydrogen-bond donors (Lipinski definition) is 1. The zero-order chi connectivity index (χ0) is 10.8. The molecule has 1 saturated carbocycles. The summed E-state index contributed by atoms with van der Waals surface area (Å²) in [6.45, 7) is 4.48. The van der Waals surface area contributed by atoms with Gasteiger partial charge in [-0.3, -0.25) is 0 Å². The van der Waals surface area contributed by atoms with Gasteiger partial charge >= 0.3 is 0 Å². The predicted octanol–water partition coefficient (Wildman–Crippen LogP) is 3.39. The molecule has 0 aliphatic heterocycles. The summed E-state index contributed by atoms with van der Waals surface area (Å²) in [7, 11) is 0. The highest BCUT2D eigenvalue weighted by molar-refractivity contribution is 5.11. The maximum atomic E-state index is 10.3. The molecule has 0 aromatic heterocycles. The Morgan fingerprint density at radius 3 is 2.40 bits per heavy atom. The monoisotopic (exact) mass is 208 g/mol. The molecule has 0 saturated heterocycles. The van der Waals surface area contributed by atoms with E-state index in [2.05, 4.69) is 26.0 Å². The van der Waals surface area contributed by atoms with Crippen molar-refractivity contribution in [3.8, 4) is 0 Å². The lowest BCUT2D eigenvalue weighted by Crippen LogP contribution is -2.26. The van der Waals surface area contributed by atoms with Crippen LogP contribution in [-0.4, -0.2) is 11.2 Å². The van der Waals surface area contributed by atoms with Gasteiger partial charge in [0.15, 0.2) is 0 Å². The average molecular weight is 208 g/mol. The van der Waals surface area contributed by atoms with Crippen LogP contribution in [0.2, 0.25) is 0 Å². The van der Waals surface area contributed by atoms with Crippen LogP contribution in [0, 0.1) is 23.7 Å². The maximum Gasteiger partial charge on any atom is 0.0576 e. The highest BCUT2D eigenvalue weighted by Gasteiger charge is 2.39. The van der Waals surface area contributed by atoms with Crippen molar-refractivity contribution < 1.29 is 5.11 Å². The molecular weight excluding hydrogens is 184 g/mol. The van der Waals surface area contributed by atoms with E-state index in [0.29, 0.717) is 11.8 Å². The lowest BCUT2D eigenvalue weighted by molar-refractivity contribution is 0.0677. The molecule has 2 aliphatic rings. The summed E-state index contributed by atoms with van der Waals surface area (Å²) < 4.78 is 0. The lowest BCUT2D eigenvalue weighted by Gasteiger charge is -2.27. The number of aliphatic hydroxyl groups excluding tert-OH is 1. The van der Waals surface area contributed by atoms with Crippen LogP contribution in [0.25, 0.3) is 0 Å². The number of fused-ring (bicyclic) bond motifs is 2. The molecule has 1 nitrogen and oxygen atoms in total. The third-order valence-corrected chi connectivity index (χ3v) is 4.55. The SMILES string of the molecule is CCC(CC)CC(O)[C@H]1C[C@H]2C=C[C@@H]1C2. The van der Waals surface area contributed by atoms with Crippen LogP contribution >= 0.6 is 0 Å². The summed E-state index contributed by atoms with van der Waals surface area (Å²) in [6, 6.07) is 0. The number of aliphatic hydroxyl groups is 1. The first-order valence-electron chi connectivity index (χ1n) is 6.61. The van der Waals surface area contributed by atoms with E-state index in [-0.39, 0.29) is 6.10 Å². The van der Waals surface area contributed by atoms with Crippen LogP contribution in [0.3, 0.4) is 0 Å². The van der Waals surface area contributed by atoms with Crippen LogP contribution in [0.15, 0.2) is 12.2 Å². The fourth-order valence-electron chi connectivity index (χ4n) is 3.40. The minimum Gasteiger partial charge on any atom is -0.393 e. The zero-order valence-corrected chi connectivity index (χ0v) is 10.0. The summed E-state index contributed by atoms with van der Waals surface area (Å²) in [4.78, 5) is 0. The van der Waals surface area contributed by atoms with E-state index in [9.17, 15) is 5.11 Å². The fraction of sp³-hybridized carbons (Fsp3) is 0.857. The molecule has 2 rings (SSSR count). The van der Waals surface area contributed by atoms with Gasteiger partial charge in [0.05, 0.1) is 6.10 Å². The molecule has 1 N–H and O–H groups in total. The van der Waals surface area contributed by atoms with Gasteiger partial charge in [0.1, 0.15) is 0 Å². The fourth-order valence-corrected chi connectivity index (χ4v) is 3.40. The van der Waals surface area contributed by atoms with Gasteiger partial charge in [-0.05, 0) is 42.9 Å². The predicted molar refractivity (Wildman–Crippen MR) is 63.5 cm³/mol. The minimum atomic E-state index is -0.0464. The molecule has 0 amide bonds. The van der Waals surface area contributed by atoms with Crippen molar-refractivity contribution in [3.63, 3.8) is 0 Å². The van der Waals surface area contributed by atoms with Crippen molar-refractivity contribution in [1.29, 1.82) is 0 Å². The molecule has 4 atom stereocenters. The number of rotatable bonds is 5. The van der Waals surface area contributed by atoms with Crippen LogP contribution in [0.5, 0.6) is 0 Å². The standard InChI is InChI=1S/C14H24O/c1-3-10(4-2)9-14(15)13-8-11-5-6-12(13)7-11/h5-6,10-15H,3-4,7-9H2,1-2H3/t11-,12+,13-,14?/m0/s1. The van der Waals surface area contributed by atoms with Crippen LogP contribution in [0.1, 0.15) is 46.0 Å². The van der Waals surface area contributed by atoms with E-state index in [1.807, 2.05) is 0 Å². The van der Waals surface area contributed by atoms with Gasteiger partial charge in [0, 0.05) is 0 Å². The first-order valence-corrected chi connectivity index (χ1v) is 6.61. The van der Waals surface area contributed by atoms with Crippen LogP contribution < -0.4 is 0 Å². The van der Waals surface area contributed by atoms with Crippen molar-refractivity contribution >= 4 is 0 Å². The molecule has 86 valence electrons. The molecular formula is C14H24O. The summed E-state index contributed by atoms with van der Waals surface area (Å²) in [5.41, 5.74) is 0. The normalized spacial score (nSPS) is 35.3. The first-order chi connectivity index (χ1) is 7.24. The number of allylic oxidation sites excluding steroid dienone is 2. The second kappa shape index (κ2) is 4.69. The van der Waals surface area contributed by atoms with E-state index in [4.69, 9.17) is 0 Å².